The Morgan fingerprint density at radius 2 is 1.41 bits per heavy atom. The number of benzene rings is 1. The van der Waals surface area contributed by atoms with Crippen LogP contribution in [0.25, 0.3) is 0 Å². The molecule has 0 saturated carbocycles. The van der Waals surface area contributed by atoms with Gasteiger partial charge in [0.1, 0.15) is 6.23 Å². The van der Waals surface area contributed by atoms with Crippen molar-refractivity contribution in [2.24, 2.45) is 0 Å². The monoisotopic (exact) mass is 241 g/mol. The predicted octanol–water partition coefficient (Wildman–Crippen LogP) is 0.627. The van der Waals surface area contributed by atoms with Crippen LogP contribution in [-0.4, -0.2) is 40.5 Å². The maximum Gasteiger partial charge on any atom is 0.336 e. The molecule has 0 saturated heterocycles. The molecule has 0 fully saturated rings. The Labute approximate surface area is 98.5 Å². The molecule has 0 spiro atoms. The SMILES string of the molecule is CNC(C)O.O=C(O)c1ccccc1C(=O)O. The molecule has 0 aliphatic carbocycles. The van der Waals surface area contributed by atoms with Crippen LogP contribution in [0.4, 0.5) is 0 Å². The molecule has 0 aromatic heterocycles. The molecule has 6 nitrogen and oxygen atoms in total. The summed E-state index contributed by atoms with van der Waals surface area (Å²) in [6, 6.07) is 5.48. The van der Waals surface area contributed by atoms with Gasteiger partial charge in [-0.3, -0.25) is 5.32 Å². The fourth-order valence-electron chi connectivity index (χ4n) is 0.856. The minimum atomic E-state index is -1.23. The number of aromatic carboxylic acids is 2. The van der Waals surface area contributed by atoms with Crippen molar-refractivity contribution < 1.29 is 24.9 Å². The topological polar surface area (TPSA) is 107 Å². The zero-order valence-electron chi connectivity index (χ0n) is 9.54. The summed E-state index contributed by atoms with van der Waals surface area (Å²) in [6.45, 7) is 1.67. The number of hydrogen-bond acceptors (Lipinski definition) is 4. The van der Waals surface area contributed by atoms with Crippen molar-refractivity contribution in [3.63, 3.8) is 0 Å². The third-order valence-electron chi connectivity index (χ3n) is 1.81. The lowest BCUT2D eigenvalue weighted by Gasteiger charge is -1.98. The number of aliphatic hydroxyl groups is 1. The molecule has 0 radical (unpaired) electrons. The van der Waals surface area contributed by atoms with E-state index in [1.165, 1.54) is 24.3 Å². The average molecular weight is 241 g/mol. The van der Waals surface area contributed by atoms with Crippen molar-refractivity contribution in [1.29, 1.82) is 0 Å². The van der Waals surface area contributed by atoms with Gasteiger partial charge in [-0.15, -0.1) is 0 Å². The Balaban J connectivity index is 0.000000437. The first-order valence-electron chi connectivity index (χ1n) is 4.81. The Morgan fingerprint density at radius 1 is 1.12 bits per heavy atom. The fraction of sp³-hybridized carbons (Fsp3) is 0.273. The van der Waals surface area contributed by atoms with E-state index < -0.39 is 11.9 Å². The van der Waals surface area contributed by atoms with Crippen molar-refractivity contribution in [2.75, 3.05) is 7.05 Å². The lowest BCUT2D eigenvalue weighted by Crippen LogP contribution is -2.19. The van der Waals surface area contributed by atoms with Crippen LogP contribution in [0.5, 0.6) is 0 Å². The second-order valence-electron chi connectivity index (χ2n) is 3.12. The van der Waals surface area contributed by atoms with Crippen LogP contribution < -0.4 is 5.32 Å². The summed E-state index contributed by atoms with van der Waals surface area (Å²) in [6.07, 6.45) is -0.366. The molecule has 0 amide bonds. The quantitative estimate of drug-likeness (QED) is 0.578. The normalized spacial score (nSPS) is 11.0. The highest BCUT2D eigenvalue weighted by atomic mass is 16.4. The molecule has 0 bridgehead atoms. The molecule has 4 N–H and O–H groups in total. The fourth-order valence-corrected chi connectivity index (χ4v) is 0.856. The van der Waals surface area contributed by atoms with Crippen LogP contribution in [0, 0.1) is 0 Å². The van der Waals surface area contributed by atoms with Gasteiger partial charge in [0.15, 0.2) is 0 Å². The largest absolute Gasteiger partial charge is 0.478 e. The van der Waals surface area contributed by atoms with Gasteiger partial charge in [0.2, 0.25) is 0 Å². The second-order valence-corrected chi connectivity index (χ2v) is 3.12. The van der Waals surface area contributed by atoms with Gasteiger partial charge in [-0.25, -0.2) is 9.59 Å². The van der Waals surface area contributed by atoms with Gasteiger partial charge < -0.3 is 15.3 Å². The third-order valence-corrected chi connectivity index (χ3v) is 1.81. The molecular formula is C11H15NO5. The smallest absolute Gasteiger partial charge is 0.336 e. The van der Waals surface area contributed by atoms with E-state index in [-0.39, 0.29) is 17.4 Å². The lowest BCUT2D eigenvalue weighted by atomic mass is 10.1. The first-order valence-corrected chi connectivity index (χ1v) is 4.81. The lowest BCUT2D eigenvalue weighted by molar-refractivity contribution is 0.0651. The third kappa shape index (κ3) is 5.64. The Bertz CT molecular complexity index is 356. The van der Waals surface area contributed by atoms with Gasteiger partial charge in [-0.2, -0.15) is 0 Å². The number of carboxylic acid groups (broad SMARTS) is 2. The number of hydrogen-bond donors (Lipinski definition) is 4. The van der Waals surface area contributed by atoms with Crippen molar-refractivity contribution in [3.8, 4) is 0 Å². The van der Waals surface area contributed by atoms with Crippen LogP contribution in [0.2, 0.25) is 0 Å². The Hall–Kier alpha value is -1.92. The highest BCUT2D eigenvalue weighted by Crippen LogP contribution is 2.07. The average Bonchev–Trinajstić information content (AvgIpc) is 2.29. The number of nitrogens with one attached hydrogen (secondary N) is 1. The zero-order valence-corrected chi connectivity index (χ0v) is 9.54. The molecule has 1 aromatic rings. The van der Waals surface area contributed by atoms with E-state index in [1.807, 2.05) is 0 Å². The van der Waals surface area contributed by atoms with E-state index in [0.717, 1.165) is 0 Å². The summed E-state index contributed by atoms with van der Waals surface area (Å²) in [5, 5.41) is 27.9. The number of rotatable bonds is 3. The minimum absolute atomic E-state index is 0.190. The molecule has 94 valence electrons. The summed E-state index contributed by atoms with van der Waals surface area (Å²) >= 11 is 0. The van der Waals surface area contributed by atoms with Crippen LogP contribution in [0.1, 0.15) is 27.6 Å². The predicted molar refractivity (Wildman–Crippen MR) is 61.1 cm³/mol. The maximum atomic E-state index is 10.5. The van der Waals surface area contributed by atoms with Gasteiger partial charge in [0.05, 0.1) is 11.1 Å². The minimum Gasteiger partial charge on any atom is -0.478 e. The van der Waals surface area contributed by atoms with Crippen molar-refractivity contribution >= 4 is 11.9 Å². The van der Waals surface area contributed by atoms with Gasteiger partial charge in [-0.05, 0) is 26.1 Å². The van der Waals surface area contributed by atoms with Gasteiger partial charge in [0, 0.05) is 0 Å². The van der Waals surface area contributed by atoms with E-state index in [2.05, 4.69) is 5.32 Å². The Morgan fingerprint density at radius 3 is 1.59 bits per heavy atom. The van der Waals surface area contributed by atoms with E-state index in [4.69, 9.17) is 15.3 Å². The van der Waals surface area contributed by atoms with Crippen LogP contribution in [0.3, 0.4) is 0 Å². The standard InChI is InChI=1S/C8H6O4.C3H9NO/c9-7(10)5-3-1-2-4-6(5)8(11)12;1-3(5)4-2/h1-4H,(H,9,10)(H,11,12);3-5H,1-2H3. The van der Waals surface area contributed by atoms with Gasteiger partial charge in [-0.1, -0.05) is 12.1 Å². The zero-order chi connectivity index (χ0) is 13.4. The summed E-state index contributed by atoms with van der Waals surface area (Å²) in [5.41, 5.74) is -0.380. The molecule has 17 heavy (non-hydrogen) atoms. The van der Waals surface area contributed by atoms with E-state index >= 15 is 0 Å². The molecule has 1 atom stereocenters. The van der Waals surface area contributed by atoms with E-state index in [0.29, 0.717) is 0 Å². The highest BCUT2D eigenvalue weighted by Gasteiger charge is 2.13. The van der Waals surface area contributed by atoms with Gasteiger partial charge in [0.25, 0.3) is 0 Å². The number of carbonyl (C=O) groups is 2. The second kappa shape index (κ2) is 7.37. The maximum absolute atomic E-state index is 10.5. The van der Waals surface area contributed by atoms with Crippen molar-refractivity contribution in [3.05, 3.63) is 35.4 Å². The van der Waals surface area contributed by atoms with Crippen LogP contribution >= 0.6 is 0 Å². The summed E-state index contributed by atoms with van der Waals surface area (Å²) < 4.78 is 0. The van der Waals surface area contributed by atoms with Crippen LogP contribution in [0.15, 0.2) is 24.3 Å². The molecule has 6 heteroatoms. The van der Waals surface area contributed by atoms with Crippen molar-refractivity contribution in [1.82, 2.24) is 5.32 Å². The number of aliphatic hydroxyl groups excluding tert-OH is 1. The first-order chi connectivity index (χ1) is 7.90. The Kier molecular flexibility index (Phi) is 6.54. The molecule has 0 aliphatic rings. The molecule has 0 heterocycles. The summed E-state index contributed by atoms with van der Waals surface area (Å²) in [7, 11) is 1.70. The number of carboxylic acids is 2. The molecular weight excluding hydrogens is 226 g/mol. The van der Waals surface area contributed by atoms with E-state index in [1.54, 1.807) is 14.0 Å². The summed E-state index contributed by atoms with van der Waals surface area (Å²) in [4.78, 5) is 20.9. The molecule has 1 rings (SSSR count). The molecule has 1 aromatic carbocycles. The molecule has 1 unspecified atom stereocenters. The highest BCUT2D eigenvalue weighted by molar-refractivity contribution is 6.01. The molecule has 0 aliphatic heterocycles. The first kappa shape index (κ1) is 15.1. The van der Waals surface area contributed by atoms with Crippen molar-refractivity contribution in [2.45, 2.75) is 13.2 Å². The summed E-state index contributed by atoms with van der Waals surface area (Å²) in [5.74, 6) is -2.46. The van der Waals surface area contributed by atoms with Crippen LogP contribution in [-0.2, 0) is 0 Å². The van der Waals surface area contributed by atoms with E-state index in [9.17, 15) is 9.59 Å². The van der Waals surface area contributed by atoms with Gasteiger partial charge >= 0.3 is 11.9 Å².